The van der Waals surface area contributed by atoms with Crippen LogP contribution in [0.3, 0.4) is 0 Å². The minimum absolute atomic E-state index is 0.00526. The van der Waals surface area contributed by atoms with Crippen molar-refractivity contribution in [2.75, 3.05) is 7.11 Å². The van der Waals surface area contributed by atoms with Gasteiger partial charge in [0.05, 0.1) is 7.11 Å². The van der Waals surface area contributed by atoms with Gasteiger partial charge in [0.1, 0.15) is 6.04 Å². The lowest BCUT2D eigenvalue weighted by atomic mass is 9.93. The Labute approximate surface area is 109 Å². The van der Waals surface area contributed by atoms with Crippen molar-refractivity contribution < 1.29 is 14.3 Å². The number of hydrogen-bond acceptors (Lipinski definition) is 3. The quantitative estimate of drug-likeness (QED) is 0.602. The van der Waals surface area contributed by atoms with E-state index in [9.17, 15) is 9.59 Å². The lowest BCUT2D eigenvalue weighted by Gasteiger charge is -2.22. The molecule has 0 aliphatic heterocycles. The summed E-state index contributed by atoms with van der Waals surface area (Å²) in [5, 5.41) is 2.82. The van der Waals surface area contributed by atoms with Crippen LogP contribution < -0.4 is 5.32 Å². The molecule has 0 heterocycles. The standard InChI is InChI=1S/C14H23NO3/c1-10(2)9-12(14(17)18-3)15-13(16)11-7-5-4-6-8-11/h4-5,10-12H,6-9H2,1-3H3,(H,15,16). The molecule has 0 aromatic heterocycles. The first kappa shape index (κ1) is 14.7. The van der Waals surface area contributed by atoms with Crippen LogP contribution in [-0.4, -0.2) is 25.0 Å². The summed E-state index contributed by atoms with van der Waals surface area (Å²) in [5.74, 6) is -0.0613. The van der Waals surface area contributed by atoms with Crippen LogP contribution in [0.1, 0.15) is 39.5 Å². The summed E-state index contributed by atoms with van der Waals surface area (Å²) in [5.41, 5.74) is 0. The van der Waals surface area contributed by atoms with Crippen LogP contribution in [0.15, 0.2) is 12.2 Å². The molecule has 4 nitrogen and oxygen atoms in total. The molecule has 0 spiro atoms. The Balaban J connectivity index is 2.56. The average Bonchev–Trinajstić information content (AvgIpc) is 2.37. The molecule has 4 heteroatoms. The summed E-state index contributed by atoms with van der Waals surface area (Å²) in [6.07, 6.45) is 7.30. The van der Waals surface area contributed by atoms with E-state index in [-0.39, 0.29) is 17.8 Å². The number of amides is 1. The molecular formula is C14H23NO3. The third kappa shape index (κ3) is 4.51. The summed E-state index contributed by atoms with van der Waals surface area (Å²) in [6, 6.07) is -0.520. The molecule has 0 radical (unpaired) electrons. The molecule has 0 fully saturated rings. The lowest BCUT2D eigenvalue weighted by Crippen LogP contribution is -2.45. The molecule has 1 rings (SSSR count). The molecule has 0 bridgehead atoms. The first-order valence-electron chi connectivity index (χ1n) is 6.57. The maximum absolute atomic E-state index is 12.1. The van der Waals surface area contributed by atoms with Crippen LogP contribution in [0.2, 0.25) is 0 Å². The van der Waals surface area contributed by atoms with Gasteiger partial charge in [-0.05, 0) is 31.6 Å². The van der Waals surface area contributed by atoms with Crippen molar-refractivity contribution in [2.45, 2.75) is 45.6 Å². The fraction of sp³-hybridized carbons (Fsp3) is 0.714. The predicted octanol–water partition coefficient (Wildman–Crippen LogP) is 2.05. The van der Waals surface area contributed by atoms with Crippen molar-refractivity contribution in [3.8, 4) is 0 Å². The summed E-state index contributed by atoms with van der Waals surface area (Å²) in [4.78, 5) is 23.7. The lowest BCUT2D eigenvalue weighted by molar-refractivity contribution is -0.146. The van der Waals surface area contributed by atoms with Crippen molar-refractivity contribution in [2.24, 2.45) is 11.8 Å². The Hall–Kier alpha value is -1.32. The fourth-order valence-corrected chi connectivity index (χ4v) is 2.15. The van der Waals surface area contributed by atoms with Gasteiger partial charge in [-0.3, -0.25) is 4.79 Å². The van der Waals surface area contributed by atoms with Gasteiger partial charge in [-0.2, -0.15) is 0 Å². The highest BCUT2D eigenvalue weighted by Crippen LogP contribution is 2.19. The van der Waals surface area contributed by atoms with Gasteiger partial charge >= 0.3 is 5.97 Å². The Morgan fingerprint density at radius 3 is 2.61 bits per heavy atom. The summed E-state index contributed by atoms with van der Waals surface area (Å²) in [6.45, 7) is 4.04. The highest BCUT2D eigenvalue weighted by Gasteiger charge is 2.26. The van der Waals surface area contributed by atoms with Gasteiger partial charge in [0.15, 0.2) is 0 Å². The largest absolute Gasteiger partial charge is 0.467 e. The molecule has 1 aliphatic carbocycles. The molecule has 102 valence electrons. The maximum atomic E-state index is 12.1. The molecule has 0 aromatic rings. The molecule has 0 aromatic carbocycles. The number of rotatable bonds is 5. The van der Waals surface area contributed by atoms with E-state index in [2.05, 4.69) is 11.4 Å². The zero-order valence-electron chi connectivity index (χ0n) is 11.4. The SMILES string of the molecule is COC(=O)C(CC(C)C)NC(=O)C1CC=CCC1. The number of esters is 1. The molecule has 2 atom stereocenters. The average molecular weight is 253 g/mol. The number of carbonyl (C=O) groups excluding carboxylic acids is 2. The van der Waals surface area contributed by atoms with Crippen molar-refractivity contribution in [3.63, 3.8) is 0 Å². The van der Waals surface area contributed by atoms with Crippen molar-refractivity contribution in [1.82, 2.24) is 5.32 Å². The normalized spacial score (nSPS) is 20.6. The van der Waals surface area contributed by atoms with Crippen molar-refractivity contribution in [1.29, 1.82) is 0 Å². The second-order valence-electron chi connectivity index (χ2n) is 5.20. The predicted molar refractivity (Wildman–Crippen MR) is 69.9 cm³/mol. The van der Waals surface area contributed by atoms with E-state index in [0.29, 0.717) is 12.3 Å². The third-order valence-electron chi connectivity index (χ3n) is 3.15. The van der Waals surface area contributed by atoms with E-state index in [1.165, 1.54) is 7.11 Å². The first-order valence-corrected chi connectivity index (χ1v) is 6.57. The van der Waals surface area contributed by atoms with Gasteiger partial charge < -0.3 is 10.1 Å². The van der Waals surface area contributed by atoms with E-state index < -0.39 is 6.04 Å². The Kier molecular flexibility index (Phi) is 5.89. The van der Waals surface area contributed by atoms with Gasteiger partial charge in [0.2, 0.25) is 5.91 Å². The molecule has 1 aliphatic rings. The second kappa shape index (κ2) is 7.19. The highest BCUT2D eigenvalue weighted by atomic mass is 16.5. The number of ether oxygens (including phenoxy) is 1. The number of allylic oxidation sites excluding steroid dienone is 2. The third-order valence-corrected chi connectivity index (χ3v) is 3.15. The minimum atomic E-state index is -0.520. The van der Waals surface area contributed by atoms with Gasteiger partial charge in [-0.1, -0.05) is 26.0 Å². The number of nitrogens with one attached hydrogen (secondary N) is 1. The van der Waals surface area contributed by atoms with Gasteiger partial charge in [0.25, 0.3) is 0 Å². The highest BCUT2D eigenvalue weighted by molar-refractivity contribution is 5.85. The summed E-state index contributed by atoms with van der Waals surface area (Å²) in [7, 11) is 1.35. The Morgan fingerprint density at radius 1 is 1.39 bits per heavy atom. The van der Waals surface area contributed by atoms with E-state index in [1.54, 1.807) is 0 Å². The van der Waals surface area contributed by atoms with Crippen LogP contribution in [0, 0.1) is 11.8 Å². The van der Waals surface area contributed by atoms with Crippen LogP contribution in [0.5, 0.6) is 0 Å². The first-order chi connectivity index (χ1) is 8.54. The van der Waals surface area contributed by atoms with Gasteiger partial charge in [-0.25, -0.2) is 4.79 Å². The molecule has 2 unspecified atom stereocenters. The number of methoxy groups -OCH3 is 1. The molecule has 18 heavy (non-hydrogen) atoms. The minimum Gasteiger partial charge on any atom is -0.467 e. The monoisotopic (exact) mass is 253 g/mol. The van der Waals surface area contributed by atoms with Crippen LogP contribution in [0.25, 0.3) is 0 Å². The second-order valence-corrected chi connectivity index (χ2v) is 5.20. The van der Waals surface area contributed by atoms with Crippen molar-refractivity contribution >= 4 is 11.9 Å². The van der Waals surface area contributed by atoms with Crippen LogP contribution in [0.4, 0.5) is 0 Å². The Morgan fingerprint density at radius 2 is 2.11 bits per heavy atom. The van der Waals surface area contributed by atoms with E-state index in [4.69, 9.17) is 4.74 Å². The zero-order valence-corrected chi connectivity index (χ0v) is 11.4. The summed E-state index contributed by atoms with van der Waals surface area (Å²) < 4.78 is 4.73. The van der Waals surface area contributed by atoms with E-state index in [0.717, 1.165) is 19.3 Å². The number of hydrogen-bond donors (Lipinski definition) is 1. The molecule has 1 amide bonds. The van der Waals surface area contributed by atoms with Crippen LogP contribution >= 0.6 is 0 Å². The maximum Gasteiger partial charge on any atom is 0.328 e. The number of carbonyl (C=O) groups is 2. The molecule has 0 saturated carbocycles. The molecular weight excluding hydrogens is 230 g/mol. The van der Waals surface area contributed by atoms with E-state index >= 15 is 0 Å². The zero-order chi connectivity index (χ0) is 13.5. The smallest absolute Gasteiger partial charge is 0.328 e. The molecule has 0 saturated heterocycles. The van der Waals surface area contributed by atoms with E-state index in [1.807, 2.05) is 19.9 Å². The van der Waals surface area contributed by atoms with Crippen molar-refractivity contribution in [3.05, 3.63) is 12.2 Å². The molecule has 1 N–H and O–H groups in total. The van der Waals surface area contributed by atoms with Gasteiger partial charge in [-0.15, -0.1) is 0 Å². The van der Waals surface area contributed by atoms with Gasteiger partial charge in [0, 0.05) is 5.92 Å². The van der Waals surface area contributed by atoms with Crippen LogP contribution in [-0.2, 0) is 14.3 Å². The topological polar surface area (TPSA) is 55.4 Å². The fourth-order valence-electron chi connectivity index (χ4n) is 2.15. The Bertz CT molecular complexity index is 323. The summed E-state index contributed by atoms with van der Waals surface area (Å²) >= 11 is 0.